The summed E-state index contributed by atoms with van der Waals surface area (Å²) in [5, 5.41) is 3.57. The Bertz CT molecular complexity index is 646. The molecule has 7 atom stereocenters. The third-order valence-corrected chi connectivity index (χ3v) is 8.57. The van der Waals surface area contributed by atoms with Gasteiger partial charge in [0.05, 0.1) is 12.0 Å². The minimum Gasteiger partial charge on any atom is -0.462 e. The number of esters is 1. The zero-order chi connectivity index (χ0) is 18.6. The molecule has 5 rings (SSSR count). The van der Waals surface area contributed by atoms with Gasteiger partial charge in [-0.3, -0.25) is 4.79 Å². The van der Waals surface area contributed by atoms with Crippen molar-refractivity contribution in [2.24, 2.45) is 23.2 Å². The van der Waals surface area contributed by atoms with Crippen molar-refractivity contribution < 1.29 is 14.3 Å². The predicted molar refractivity (Wildman–Crippen MR) is 104 cm³/mol. The minimum absolute atomic E-state index is 0.00920. The lowest BCUT2D eigenvalue weighted by atomic mass is 9.53. The van der Waals surface area contributed by atoms with Crippen LogP contribution in [0.5, 0.6) is 0 Å². The van der Waals surface area contributed by atoms with Crippen molar-refractivity contribution in [3.8, 4) is 0 Å². The molecule has 0 radical (unpaired) electrons. The first kappa shape index (κ1) is 18.2. The number of hydrogen-bond donors (Lipinski definition) is 1. The second-order valence-electron chi connectivity index (χ2n) is 10.1. The number of fused-ring (bicyclic) bond motifs is 2. The lowest BCUT2D eigenvalue weighted by Gasteiger charge is -2.48. The molecule has 2 saturated heterocycles. The minimum atomic E-state index is -0.0293. The van der Waals surface area contributed by atoms with E-state index in [1.54, 1.807) is 5.57 Å². The third kappa shape index (κ3) is 2.73. The van der Waals surface area contributed by atoms with Crippen LogP contribution < -0.4 is 5.32 Å². The summed E-state index contributed by atoms with van der Waals surface area (Å²) in [4.78, 5) is 12.7. The Balaban J connectivity index is 1.23. The number of hydrogen-bond acceptors (Lipinski definition) is 4. The van der Waals surface area contributed by atoms with Gasteiger partial charge in [0.2, 0.25) is 0 Å². The van der Waals surface area contributed by atoms with Crippen molar-refractivity contribution in [2.75, 3.05) is 13.1 Å². The molecule has 0 bridgehead atoms. The van der Waals surface area contributed by atoms with E-state index in [1.807, 2.05) is 0 Å². The molecule has 2 heterocycles. The number of epoxide rings is 1. The maximum absolute atomic E-state index is 12.7. The molecule has 2 aliphatic heterocycles. The maximum Gasteiger partial charge on any atom is 0.311 e. The number of nitrogens with one attached hydrogen (secondary N) is 1. The standard InChI is InChI=1S/C23H35NO3/c1-15-7-6-11-22(2)13-18-19(20-23(15,22)27-20)17(21(25)26-18)14-24-12-10-16-8-4-3-5-9-16/h8,15,17-20,24H,3-7,9-14H2,1-2H3. The van der Waals surface area contributed by atoms with Crippen LogP contribution in [0.1, 0.15) is 71.6 Å². The second-order valence-corrected chi connectivity index (χ2v) is 10.1. The molecule has 0 amide bonds. The smallest absolute Gasteiger partial charge is 0.311 e. The van der Waals surface area contributed by atoms with Gasteiger partial charge in [-0.1, -0.05) is 31.9 Å². The van der Waals surface area contributed by atoms with Gasteiger partial charge in [-0.2, -0.15) is 0 Å². The molecule has 0 aromatic rings. The van der Waals surface area contributed by atoms with E-state index in [2.05, 4.69) is 25.2 Å². The van der Waals surface area contributed by atoms with Gasteiger partial charge in [-0.05, 0) is 63.8 Å². The molecular formula is C23H35NO3. The summed E-state index contributed by atoms with van der Waals surface area (Å²) in [5.41, 5.74) is 1.80. The highest BCUT2D eigenvalue weighted by atomic mass is 16.6. The van der Waals surface area contributed by atoms with Crippen molar-refractivity contribution in [1.82, 2.24) is 5.32 Å². The molecule has 5 aliphatic rings. The zero-order valence-electron chi connectivity index (χ0n) is 17.0. The lowest BCUT2D eigenvalue weighted by molar-refractivity contribution is -0.146. The number of carbonyl (C=O) groups is 1. The fourth-order valence-corrected chi connectivity index (χ4v) is 7.10. The second kappa shape index (κ2) is 6.59. The van der Waals surface area contributed by atoms with Crippen LogP contribution in [0.4, 0.5) is 0 Å². The highest BCUT2D eigenvalue weighted by Gasteiger charge is 2.78. The van der Waals surface area contributed by atoms with E-state index < -0.39 is 0 Å². The van der Waals surface area contributed by atoms with Crippen LogP contribution in [-0.4, -0.2) is 36.9 Å². The van der Waals surface area contributed by atoms with E-state index in [4.69, 9.17) is 9.47 Å². The monoisotopic (exact) mass is 373 g/mol. The van der Waals surface area contributed by atoms with Gasteiger partial charge in [0.15, 0.2) is 0 Å². The van der Waals surface area contributed by atoms with E-state index >= 15 is 0 Å². The molecule has 3 aliphatic carbocycles. The first-order valence-corrected chi connectivity index (χ1v) is 11.3. The molecule has 1 N–H and O–H groups in total. The lowest BCUT2D eigenvalue weighted by Crippen LogP contribution is -2.54. The Morgan fingerprint density at radius 2 is 2.19 bits per heavy atom. The van der Waals surface area contributed by atoms with Crippen molar-refractivity contribution in [3.63, 3.8) is 0 Å². The summed E-state index contributed by atoms with van der Waals surface area (Å²) in [7, 11) is 0. The molecular weight excluding hydrogens is 338 g/mol. The van der Waals surface area contributed by atoms with Gasteiger partial charge in [-0.25, -0.2) is 0 Å². The summed E-state index contributed by atoms with van der Waals surface area (Å²) in [6.45, 7) is 6.46. The summed E-state index contributed by atoms with van der Waals surface area (Å²) in [6, 6.07) is 0. The Morgan fingerprint density at radius 3 is 3.00 bits per heavy atom. The fourth-order valence-electron chi connectivity index (χ4n) is 7.10. The number of carbonyl (C=O) groups excluding carboxylic acids is 1. The summed E-state index contributed by atoms with van der Waals surface area (Å²) in [5.74, 6) is 0.839. The van der Waals surface area contributed by atoms with Crippen molar-refractivity contribution in [3.05, 3.63) is 11.6 Å². The molecule has 150 valence electrons. The molecule has 4 heteroatoms. The van der Waals surface area contributed by atoms with Crippen molar-refractivity contribution in [2.45, 2.75) is 89.4 Å². The van der Waals surface area contributed by atoms with Crippen LogP contribution in [0, 0.1) is 23.2 Å². The average molecular weight is 374 g/mol. The Labute approximate surface area is 163 Å². The van der Waals surface area contributed by atoms with Gasteiger partial charge in [0, 0.05) is 17.9 Å². The average Bonchev–Trinajstić information content (AvgIpc) is 3.34. The largest absolute Gasteiger partial charge is 0.462 e. The molecule has 4 fully saturated rings. The van der Waals surface area contributed by atoms with E-state index in [-0.39, 0.29) is 41.0 Å². The van der Waals surface area contributed by atoms with E-state index in [0.29, 0.717) is 5.92 Å². The van der Waals surface area contributed by atoms with Crippen LogP contribution >= 0.6 is 0 Å². The van der Waals surface area contributed by atoms with Gasteiger partial charge >= 0.3 is 5.97 Å². The van der Waals surface area contributed by atoms with Gasteiger partial charge in [0.25, 0.3) is 0 Å². The third-order valence-electron chi connectivity index (χ3n) is 8.57. The van der Waals surface area contributed by atoms with Gasteiger partial charge in [-0.15, -0.1) is 0 Å². The van der Waals surface area contributed by atoms with Crippen LogP contribution in [0.2, 0.25) is 0 Å². The topological polar surface area (TPSA) is 50.9 Å². The number of rotatable bonds is 5. The highest BCUT2D eigenvalue weighted by Crippen LogP contribution is 2.70. The fraction of sp³-hybridized carbons (Fsp3) is 0.870. The molecule has 0 aromatic heterocycles. The Hall–Kier alpha value is -0.870. The Morgan fingerprint density at radius 1 is 1.30 bits per heavy atom. The molecule has 0 aromatic carbocycles. The van der Waals surface area contributed by atoms with Gasteiger partial charge < -0.3 is 14.8 Å². The van der Waals surface area contributed by atoms with E-state index in [1.165, 1.54) is 44.9 Å². The molecule has 27 heavy (non-hydrogen) atoms. The highest BCUT2D eigenvalue weighted by molar-refractivity contribution is 5.76. The summed E-state index contributed by atoms with van der Waals surface area (Å²) >= 11 is 0. The SMILES string of the molecule is CC1CCCC2(C)CC3OC(=O)C(CNCCC4=CCCCC4)C3C3OC132. The molecule has 4 nitrogen and oxygen atoms in total. The maximum atomic E-state index is 12.7. The van der Waals surface area contributed by atoms with Crippen LogP contribution in [0.25, 0.3) is 0 Å². The predicted octanol–water partition coefficient (Wildman–Crippen LogP) is 3.99. The molecule has 1 spiro atoms. The van der Waals surface area contributed by atoms with Crippen LogP contribution in [0.3, 0.4) is 0 Å². The summed E-state index contributed by atoms with van der Waals surface area (Å²) < 4.78 is 12.4. The van der Waals surface area contributed by atoms with Crippen LogP contribution in [0.15, 0.2) is 11.6 Å². The number of ether oxygens (including phenoxy) is 2. The molecule has 7 unspecified atom stereocenters. The number of allylic oxidation sites excluding steroid dienone is 1. The first-order chi connectivity index (χ1) is 13.1. The van der Waals surface area contributed by atoms with Crippen LogP contribution in [-0.2, 0) is 14.3 Å². The normalized spacial score (nSPS) is 48.1. The van der Waals surface area contributed by atoms with Gasteiger partial charge in [0.1, 0.15) is 11.7 Å². The van der Waals surface area contributed by atoms with E-state index in [0.717, 1.165) is 25.9 Å². The Kier molecular flexibility index (Phi) is 4.43. The van der Waals surface area contributed by atoms with Crippen molar-refractivity contribution >= 4 is 5.97 Å². The zero-order valence-corrected chi connectivity index (χ0v) is 17.0. The quantitative estimate of drug-likeness (QED) is 0.343. The summed E-state index contributed by atoms with van der Waals surface area (Å²) in [6.07, 6.45) is 13.8. The van der Waals surface area contributed by atoms with E-state index in [9.17, 15) is 4.79 Å². The first-order valence-electron chi connectivity index (χ1n) is 11.3. The molecule has 2 saturated carbocycles. The van der Waals surface area contributed by atoms with Crippen molar-refractivity contribution in [1.29, 1.82) is 0 Å².